The zero-order valence-electron chi connectivity index (χ0n) is 16.5. The molecule has 0 radical (unpaired) electrons. The van der Waals surface area contributed by atoms with Gasteiger partial charge in [-0.2, -0.15) is 0 Å². The molecule has 2 rings (SSSR count). The fourth-order valence-corrected chi connectivity index (χ4v) is 3.78. The van der Waals surface area contributed by atoms with Crippen LogP contribution in [0.4, 0.5) is 5.69 Å². The van der Waals surface area contributed by atoms with Gasteiger partial charge in [-0.1, -0.05) is 12.8 Å². The number of carbonyl (C=O) groups excluding carboxylic acids is 1. The van der Waals surface area contributed by atoms with Gasteiger partial charge in [0.05, 0.1) is 18.0 Å². The van der Waals surface area contributed by atoms with Crippen LogP contribution in [0.5, 0.6) is 5.75 Å². The van der Waals surface area contributed by atoms with E-state index < -0.39 is 53.9 Å². The number of ether oxygens (including phenoxy) is 1. The van der Waals surface area contributed by atoms with E-state index in [1.807, 2.05) is 0 Å². The number of nitro benzene ring substituents is 1. The number of esters is 1. The molecule has 0 bridgehead atoms. The summed E-state index contributed by atoms with van der Waals surface area (Å²) in [5.74, 6) is -3.42. The van der Waals surface area contributed by atoms with Gasteiger partial charge in [-0.25, -0.2) is 4.79 Å². The molecule has 0 saturated heterocycles. The molecule has 0 aliphatic heterocycles. The lowest BCUT2D eigenvalue weighted by molar-refractivity contribution is -0.385. The number of carboxylic acids is 2. The summed E-state index contributed by atoms with van der Waals surface area (Å²) < 4.78 is 5.35. The molecule has 11 nitrogen and oxygen atoms in total. The summed E-state index contributed by atoms with van der Waals surface area (Å²) in [5.41, 5.74) is 5.71. The molecule has 1 saturated carbocycles. The summed E-state index contributed by atoms with van der Waals surface area (Å²) in [6.45, 7) is 0.465. The molecule has 0 aromatic heterocycles. The highest BCUT2D eigenvalue weighted by molar-refractivity contribution is 5.78. The molecule has 0 heterocycles. The van der Waals surface area contributed by atoms with Crippen molar-refractivity contribution in [2.45, 2.75) is 50.6 Å². The number of nitro groups is 1. The second-order valence-electron chi connectivity index (χ2n) is 7.34. The second-order valence-corrected chi connectivity index (χ2v) is 7.34. The SMILES string of the molecule is C[C@H](N)C(=O)Oc1ccc([N+](=O)[O-])cc1[C@@H]1CCCC[C@H]1N(CC(=O)O)CC(=O)O. The highest BCUT2D eigenvalue weighted by Crippen LogP contribution is 2.41. The van der Waals surface area contributed by atoms with Crippen LogP contribution in [0.2, 0.25) is 0 Å². The minimum absolute atomic E-state index is 0.102. The van der Waals surface area contributed by atoms with Gasteiger partial charge >= 0.3 is 17.9 Å². The van der Waals surface area contributed by atoms with Crippen LogP contribution in [0.1, 0.15) is 44.1 Å². The molecule has 1 aliphatic carbocycles. The number of carboxylic acid groups (broad SMARTS) is 2. The molecule has 0 unspecified atom stereocenters. The lowest BCUT2D eigenvalue weighted by Gasteiger charge is -2.39. The van der Waals surface area contributed by atoms with Crippen LogP contribution in [0, 0.1) is 10.1 Å². The third-order valence-corrected chi connectivity index (χ3v) is 5.06. The molecule has 0 amide bonds. The Labute approximate surface area is 172 Å². The monoisotopic (exact) mass is 423 g/mol. The van der Waals surface area contributed by atoms with E-state index in [-0.39, 0.29) is 11.4 Å². The largest absolute Gasteiger partial charge is 0.480 e. The van der Waals surface area contributed by atoms with Crippen molar-refractivity contribution in [2.24, 2.45) is 5.73 Å². The normalized spacial score (nSPS) is 19.8. The third kappa shape index (κ3) is 5.97. The fourth-order valence-electron chi connectivity index (χ4n) is 3.78. The van der Waals surface area contributed by atoms with Crippen molar-refractivity contribution in [3.8, 4) is 5.75 Å². The molecule has 1 fully saturated rings. The van der Waals surface area contributed by atoms with E-state index in [0.717, 1.165) is 12.8 Å². The van der Waals surface area contributed by atoms with Crippen molar-refractivity contribution < 1.29 is 34.3 Å². The average molecular weight is 423 g/mol. The van der Waals surface area contributed by atoms with E-state index in [0.29, 0.717) is 18.4 Å². The van der Waals surface area contributed by atoms with Crippen molar-refractivity contribution in [1.82, 2.24) is 4.90 Å². The number of nitrogens with two attached hydrogens (primary N) is 1. The minimum Gasteiger partial charge on any atom is -0.480 e. The number of hydrogen-bond donors (Lipinski definition) is 3. The predicted octanol–water partition coefficient (Wildman–Crippen LogP) is 1.34. The first-order valence-electron chi connectivity index (χ1n) is 9.53. The van der Waals surface area contributed by atoms with Gasteiger partial charge in [-0.3, -0.25) is 24.6 Å². The van der Waals surface area contributed by atoms with Crippen molar-refractivity contribution in [2.75, 3.05) is 13.1 Å². The van der Waals surface area contributed by atoms with E-state index in [4.69, 9.17) is 10.5 Å². The quantitative estimate of drug-likeness (QED) is 0.228. The van der Waals surface area contributed by atoms with Gasteiger partial charge in [-0.05, 0) is 25.8 Å². The number of nitrogens with zero attached hydrogens (tertiary/aromatic N) is 2. The highest BCUT2D eigenvalue weighted by Gasteiger charge is 2.36. The van der Waals surface area contributed by atoms with Crippen LogP contribution < -0.4 is 10.5 Å². The van der Waals surface area contributed by atoms with Crippen molar-refractivity contribution in [3.05, 3.63) is 33.9 Å². The number of rotatable bonds is 9. The Bertz CT molecular complexity index is 810. The van der Waals surface area contributed by atoms with Crippen LogP contribution in [0.25, 0.3) is 0 Å². The smallest absolute Gasteiger partial charge is 0.328 e. The van der Waals surface area contributed by atoms with Gasteiger partial charge in [0.2, 0.25) is 0 Å². The number of carbonyl (C=O) groups is 3. The maximum absolute atomic E-state index is 12.0. The molecular formula is C19H25N3O8. The van der Waals surface area contributed by atoms with Gasteiger partial charge in [0, 0.05) is 29.7 Å². The lowest BCUT2D eigenvalue weighted by atomic mass is 9.78. The Kier molecular flexibility index (Phi) is 7.84. The molecular weight excluding hydrogens is 398 g/mol. The van der Waals surface area contributed by atoms with Crippen LogP contribution in [0.15, 0.2) is 18.2 Å². The topological polar surface area (TPSA) is 173 Å². The Morgan fingerprint density at radius 3 is 2.37 bits per heavy atom. The highest BCUT2D eigenvalue weighted by atomic mass is 16.6. The van der Waals surface area contributed by atoms with Gasteiger partial charge in [0.1, 0.15) is 11.8 Å². The minimum atomic E-state index is -1.18. The molecule has 3 atom stereocenters. The molecule has 1 aliphatic rings. The molecule has 0 spiro atoms. The maximum atomic E-state index is 12.0. The van der Waals surface area contributed by atoms with Gasteiger partial charge in [-0.15, -0.1) is 0 Å². The first-order chi connectivity index (χ1) is 14.1. The molecule has 164 valence electrons. The van der Waals surface area contributed by atoms with E-state index in [1.165, 1.54) is 30.0 Å². The van der Waals surface area contributed by atoms with E-state index in [2.05, 4.69) is 0 Å². The molecule has 30 heavy (non-hydrogen) atoms. The maximum Gasteiger partial charge on any atom is 0.328 e. The Balaban J connectivity index is 2.50. The summed E-state index contributed by atoms with van der Waals surface area (Å²) in [5, 5.41) is 29.8. The lowest BCUT2D eigenvalue weighted by Crippen LogP contribution is -2.46. The van der Waals surface area contributed by atoms with Crippen molar-refractivity contribution >= 4 is 23.6 Å². The summed E-state index contributed by atoms with van der Waals surface area (Å²) in [6.07, 6.45) is 2.55. The third-order valence-electron chi connectivity index (χ3n) is 5.06. The summed E-state index contributed by atoms with van der Waals surface area (Å²) in [7, 11) is 0. The number of benzene rings is 1. The van der Waals surface area contributed by atoms with Gasteiger partial charge < -0.3 is 20.7 Å². The zero-order valence-corrected chi connectivity index (χ0v) is 16.5. The van der Waals surface area contributed by atoms with E-state index in [9.17, 15) is 34.7 Å². The average Bonchev–Trinajstić information content (AvgIpc) is 2.66. The summed E-state index contributed by atoms with van der Waals surface area (Å²) in [6, 6.07) is 2.41. The Hall–Kier alpha value is -3.05. The zero-order chi connectivity index (χ0) is 22.4. The predicted molar refractivity (Wildman–Crippen MR) is 104 cm³/mol. The molecule has 1 aromatic carbocycles. The van der Waals surface area contributed by atoms with Crippen molar-refractivity contribution in [3.63, 3.8) is 0 Å². The second kappa shape index (κ2) is 10.1. The van der Waals surface area contributed by atoms with E-state index >= 15 is 0 Å². The number of non-ortho nitro benzene ring substituents is 1. The van der Waals surface area contributed by atoms with Crippen LogP contribution >= 0.6 is 0 Å². The van der Waals surface area contributed by atoms with Crippen LogP contribution in [-0.4, -0.2) is 63.1 Å². The Morgan fingerprint density at radius 2 is 1.83 bits per heavy atom. The van der Waals surface area contributed by atoms with E-state index in [1.54, 1.807) is 0 Å². The summed E-state index contributed by atoms with van der Waals surface area (Å²) in [4.78, 5) is 46.7. The number of hydrogen-bond acceptors (Lipinski definition) is 8. The van der Waals surface area contributed by atoms with Gasteiger partial charge in [0.15, 0.2) is 0 Å². The van der Waals surface area contributed by atoms with Crippen molar-refractivity contribution in [1.29, 1.82) is 0 Å². The molecule has 4 N–H and O–H groups in total. The molecule has 11 heteroatoms. The van der Waals surface area contributed by atoms with Gasteiger partial charge in [0.25, 0.3) is 5.69 Å². The molecule has 1 aromatic rings. The standard InChI is InChI=1S/C19H25N3O8/c1-11(20)19(27)30-16-7-6-12(22(28)29)8-14(16)13-4-2-3-5-15(13)21(9-17(23)24)10-18(25)26/h6-8,11,13,15H,2-5,9-10,20H2,1H3,(H,23,24)(H,25,26)/t11-,13-,15+/m0/s1. The Morgan fingerprint density at radius 1 is 1.23 bits per heavy atom. The number of aliphatic carboxylic acids is 2. The first kappa shape index (κ1) is 23.2. The van der Waals surface area contributed by atoms with Crippen LogP contribution in [-0.2, 0) is 14.4 Å². The van der Waals surface area contributed by atoms with Crippen LogP contribution in [0.3, 0.4) is 0 Å². The first-order valence-corrected chi connectivity index (χ1v) is 9.53. The fraction of sp³-hybridized carbons (Fsp3) is 0.526. The summed E-state index contributed by atoms with van der Waals surface area (Å²) >= 11 is 0.